The van der Waals surface area contributed by atoms with Gasteiger partial charge in [-0.1, -0.05) is 6.07 Å². The van der Waals surface area contributed by atoms with Gasteiger partial charge in [0.2, 0.25) is 0 Å². The van der Waals surface area contributed by atoms with Gasteiger partial charge in [0.25, 0.3) is 0 Å². The number of hydrogen-bond acceptors (Lipinski definition) is 3. The average Bonchev–Trinajstić information content (AvgIpc) is 2.02. The topological polar surface area (TPSA) is 52.3 Å². The maximum absolute atomic E-state index is 11.3. The number of ether oxygens (including phenoxy) is 1. The van der Waals surface area contributed by atoms with Crippen LogP contribution in [0.5, 0.6) is 0 Å². The highest BCUT2D eigenvalue weighted by atomic mass is 16.5. The summed E-state index contributed by atoms with van der Waals surface area (Å²) in [5.74, 6) is -0.380. The van der Waals surface area contributed by atoms with Crippen LogP contribution in [0.15, 0.2) is 12.1 Å². The summed E-state index contributed by atoms with van der Waals surface area (Å²) < 4.78 is 4.62. The van der Waals surface area contributed by atoms with Crippen molar-refractivity contribution in [3.8, 4) is 0 Å². The summed E-state index contributed by atoms with van der Waals surface area (Å²) in [6.45, 7) is 3.78. The molecule has 0 aliphatic rings. The molecule has 0 aliphatic heterocycles. The molecule has 70 valence electrons. The fourth-order valence-electron chi connectivity index (χ4n) is 1.38. The van der Waals surface area contributed by atoms with Gasteiger partial charge >= 0.3 is 5.97 Å². The lowest BCUT2D eigenvalue weighted by molar-refractivity contribution is 0.0601. The quantitative estimate of drug-likeness (QED) is 0.527. The Kier molecular flexibility index (Phi) is 2.56. The van der Waals surface area contributed by atoms with Crippen LogP contribution in [0.2, 0.25) is 0 Å². The lowest BCUT2D eigenvalue weighted by Gasteiger charge is -2.08. The number of benzene rings is 1. The Morgan fingerprint density at radius 3 is 2.46 bits per heavy atom. The van der Waals surface area contributed by atoms with Crippen LogP contribution < -0.4 is 5.73 Å². The zero-order chi connectivity index (χ0) is 10.0. The molecule has 1 aromatic rings. The third-order valence-electron chi connectivity index (χ3n) is 1.90. The molecule has 3 heteroatoms. The Bertz CT molecular complexity index is 322. The standard InChI is InChI=1S/C10H13NO2/c1-6-4-7(2)9(8(11)5-6)10(12)13-3/h4-5H,11H2,1-3H3. The van der Waals surface area contributed by atoms with Crippen LogP contribution in [0.1, 0.15) is 21.5 Å². The van der Waals surface area contributed by atoms with Crippen molar-refractivity contribution in [3.63, 3.8) is 0 Å². The minimum atomic E-state index is -0.380. The van der Waals surface area contributed by atoms with Crippen molar-refractivity contribution >= 4 is 11.7 Å². The highest BCUT2D eigenvalue weighted by molar-refractivity contribution is 5.96. The van der Waals surface area contributed by atoms with Crippen molar-refractivity contribution in [2.24, 2.45) is 0 Å². The van der Waals surface area contributed by atoms with Gasteiger partial charge in [0.1, 0.15) is 0 Å². The summed E-state index contributed by atoms with van der Waals surface area (Å²) in [6, 6.07) is 3.67. The molecule has 0 bridgehead atoms. The number of esters is 1. The number of rotatable bonds is 1. The molecule has 0 amide bonds. The molecule has 0 fully saturated rings. The maximum atomic E-state index is 11.3. The zero-order valence-corrected chi connectivity index (χ0v) is 8.05. The fourth-order valence-corrected chi connectivity index (χ4v) is 1.38. The number of methoxy groups -OCH3 is 1. The van der Waals surface area contributed by atoms with E-state index >= 15 is 0 Å². The van der Waals surface area contributed by atoms with Crippen LogP contribution in [0.25, 0.3) is 0 Å². The molecule has 13 heavy (non-hydrogen) atoms. The van der Waals surface area contributed by atoms with Crippen molar-refractivity contribution in [2.75, 3.05) is 12.8 Å². The van der Waals surface area contributed by atoms with Crippen LogP contribution in [0.3, 0.4) is 0 Å². The van der Waals surface area contributed by atoms with Gasteiger partial charge in [-0.15, -0.1) is 0 Å². The van der Waals surface area contributed by atoms with Gasteiger partial charge in [-0.2, -0.15) is 0 Å². The Hall–Kier alpha value is -1.51. The zero-order valence-electron chi connectivity index (χ0n) is 8.05. The van der Waals surface area contributed by atoms with E-state index in [1.807, 2.05) is 19.9 Å². The van der Waals surface area contributed by atoms with E-state index in [-0.39, 0.29) is 5.97 Å². The molecule has 0 heterocycles. The predicted molar refractivity (Wildman–Crippen MR) is 51.7 cm³/mol. The van der Waals surface area contributed by atoms with E-state index in [0.29, 0.717) is 11.3 Å². The lowest BCUT2D eigenvalue weighted by Crippen LogP contribution is -2.08. The summed E-state index contributed by atoms with van der Waals surface area (Å²) >= 11 is 0. The first-order valence-electron chi connectivity index (χ1n) is 4.01. The van der Waals surface area contributed by atoms with Crippen molar-refractivity contribution in [1.29, 1.82) is 0 Å². The number of hydrogen-bond donors (Lipinski definition) is 1. The maximum Gasteiger partial charge on any atom is 0.340 e. The molecule has 0 saturated carbocycles. The Morgan fingerprint density at radius 2 is 2.00 bits per heavy atom. The summed E-state index contributed by atoms with van der Waals surface area (Å²) in [5.41, 5.74) is 8.54. The van der Waals surface area contributed by atoms with E-state index in [1.54, 1.807) is 6.07 Å². The average molecular weight is 179 g/mol. The number of nitrogen functional groups attached to an aromatic ring is 1. The molecular weight excluding hydrogens is 166 g/mol. The molecule has 1 rings (SSSR count). The highest BCUT2D eigenvalue weighted by Gasteiger charge is 2.12. The van der Waals surface area contributed by atoms with Crippen molar-refractivity contribution < 1.29 is 9.53 Å². The van der Waals surface area contributed by atoms with Gasteiger partial charge < -0.3 is 10.5 Å². The number of aryl methyl sites for hydroxylation is 2. The van der Waals surface area contributed by atoms with E-state index in [0.717, 1.165) is 11.1 Å². The molecule has 0 aromatic heterocycles. The minimum Gasteiger partial charge on any atom is -0.465 e. The van der Waals surface area contributed by atoms with Crippen molar-refractivity contribution in [2.45, 2.75) is 13.8 Å². The van der Waals surface area contributed by atoms with E-state index in [1.165, 1.54) is 7.11 Å². The molecule has 2 N–H and O–H groups in total. The van der Waals surface area contributed by atoms with Gasteiger partial charge in [-0.25, -0.2) is 4.79 Å². The number of anilines is 1. The molecule has 1 aromatic carbocycles. The number of carbonyl (C=O) groups is 1. The van der Waals surface area contributed by atoms with E-state index < -0.39 is 0 Å². The van der Waals surface area contributed by atoms with Crippen molar-refractivity contribution in [3.05, 3.63) is 28.8 Å². The number of nitrogens with two attached hydrogens (primary N) is 1. The Balaban J connectivity index is 3.28. The van der Waals surface area contributed by atoms with Crippen LogP contribution >= 0.6 is 0 Å². The molecule has 0 radical (unpaired) electrons. The third-order valence-corrected chi connectivity index (χ3v) is 1.90. The van der Waals surface area contributed by atoms with Gasteiger partial charge in [0.15, 0.2) is 0 Å². The molecule has 3 nitrogen and oxygen atoms in total. The van der Waals surface area contributed by atoms with Gasteiger partial charge in [-0.3, -0.25) is 0 Å². The van der Waals surface area contributed by atoms with Gasteiger partial charge in [0.05, 0.1) is 12.7 Å². The third kappa shape index (κ3) is 1.80. The fraction of sp³-hybridized carbons (Fsp3) is 0.300. The summed E-state index contributed by atoms with van der Waals surface area (Å²) in [7, 11) is 1.35. The first-order chi connectivity index (χ1) is 6.06. The summed E-state index contributed by atoms with van der Waals surface area (Å²) in [5, 5.41) is 0. The second-order valence-electron chi connectivity index (χ2n) is 3.04. The first-order valence-corrected chi connectivity index (χ1v) is 4.01. The smallest absolute Gasteiger partial charge is 0.340 e. The second kappa shape index (κ2) is 3.47. The lowest BCUT2D eigenvalue weighted by atomic mass is 10.0. The van der Waals surface area contributed by atoms with Gasteiger partial charge in [-0.05, 0) is 31.0 Å². The van der Waals surface area contributed by atoms with E-state index in [4.69, 9.17) is 5.73 Å². The van der Waals surface area contributed by atoms with Crippen LogP contribution in [0, 0.1) is 13.8 Å². The van der Waals surface area contributed by atoms with Gasteiger partial charge in [0, 0.05) is 5.69 Å². The first kappa shape index (κ1) is 9.58. The Labute approximate surface area is 77.5 Å². The molecule has 0 saturated heterocycles. The van der Waals surface area contributed by atoms with Crippen molar-refractivity contribution in [1.82, 2.24) is 0 Å². The molecular formula is C10H13NO2. The predicted octanol–water partition coefficient (Wildman–Crippen LogP) is 1.67. The normalized spacial score (nSPS) is 9.77. The molecule has 0 atom stereocenters. The molecule has 0 unspecified atom stereocenters. The monoisotopic (exact) mass is 179 g/mol. The van der Waals surface area contributed by atoms with E-state index in [9.17, 15) is 4.79 Å². The number of carbonyl (C=O) groups excluding carboxylic acids is 1. The van der Waals surface area contributed by atoms with E-state index in [2.05, 4.69) is 4.74 Å². The summed E-state index contributed by atoms with van der Waals surface area (Å²) in [6.07, 6.45) is 0. The van der Waals surface area contributed by atoms with Crippen LogP contribution in [-0.2, 0) is 4.74 Å². The minimum absolute atomic E-state index is 0.380. The summed E-state index contributed by atoms with van der Waals surface area (Å²) in [4.78, 5) is 11.3. The largest absolute Gasteiger partial charge is 0.465 e. The van der Waals surface area contributed by atoms with Crippen LogP contribution in [0.4, 0.5) is 5.69 Å². The van der Waals surface area contributed by atoms with Crippen LogP contribution in [-0.4, -0.2) is 13.1 Å². The highest BCUT2D eigenvalue weighted by Crippen LogP contribution is 2.19. The Morgan fingerprint density at radius 1 is 1.38 bits per heavy atom. The SMILES string of the molecule is COC(=O)c1c(C)cc(C)cc1N. The molecule has 0 aliphatic carbocycles. The molecule has 0 spiro atoms. The second-order valence-corrected chi connectivity index (χ2v) is 3.04.